The third-order valence-electron chi connectivity index (χ3n) is 18.9. The van der Waals surface area contributed by atoms with Gasteiger partial charge in [-0.2, -0.15) is 0 Å². The summed E-state index contributed by atoms with van der Waals surface area (Å²) in [6.07, 6.45) is 17.7. The molecule has 1 aliphatic heterocycles. The van der Waals surface area contributed by atoms with Gasteiger partial charge in [0.05, 0.1) is 13.2 Å². The Kier molecular flexibility index (Phi) is 10.7. The molecule has 6 aliphatic carbocycles. The first kappa shape index (κ1) is 40.5. The summed E-state index contributed by atoms with van der Waals surface area (Å²) < 4.78 is 20.6. The predicted octanol–water partition coefficient (Wildman–Crippen LogP) is 10.5. The minimum Gasteiger partial charge on any atom is -0.481 e. The van der Waals surface area contributed by atoms with E-state index in [1.807, 2.05) is 18.2 Å². The molecule has 0 radical (unpaired) electrons. The van der Waals surface area contributed by atoms with Crippen molar-refractivity contribution in [3.63, 3.8) is 0 Å². The maximum Gasteiger partial charge on any atom is 0.312 e. The second kappa shape index (κ2) is 14.8. The van der Waals surface area contributed by atoms with Gasteiger partial charge in [0.15, 0.2) is 0 Å². The number of carboxylic acids is 1. The molecule has 11 atom stereocenters. The van der Waals surface area contributed by atoms with Crippen molar-refractivity contribution in [2.75, 3.05) is 46.1 Å². The van der Waals surface area contributed by atoms with E-state index in [1.165, 1.54) is 68.1 Å². The van der Waals surface area contributed by atoms with Crippen LogP contribution in [0.4, 0.5) is 4.39 Å². The number of hydrogen-bond donors (Lipinski definition) is 2. The fraction of sp³-hybridized carbons (Fsp3) is 0.740. The van der Waals surface area contributed by atoms with Crippen molar-refractivity contribution in [3.8, 4) is 0 Å². The quantitative estimate of drug-likeness (QED) is 0.232. The van der Waals surface area contributed by atoms with Gasteiger partial charge in [-0.15, -0.1) is 0 Å². The molecule has 5 fully saturated rings. The number of ether oxygens (including phenoxy) is 1. The minimum atomic E-state index is -1.37. The maximum absolute atomic E-state index is 14.9. The van der Waals surface area contributed by atoms with Gasteiger partial charge in [0.2, 0.25) is 0 Å². The monoisotopic (exact) mass is 769 g/mol. The highest BCUT2D eigenvalue weighted by Gasteiger charge is 2.70. The standard InChI is InChI=1S/C50H73FN2O3/c1-34(2)38-16-22-50(52-25-26-53-27-29-56-30-28-53)24-23-47(6)40(43(38)50)13-14-42-46(5)19-17-39(45(3,4)41(46)18-20-48(42,47)7)36-15-21-49(33-51,44(54)55)37(32-36)31-35-11-9-8-10-12-35/h8-12,17,32,37-38,40-43,52H,1,13-16,18-31,33H2,2-7H3,(H,54,55)/t37?,38-,40+,41-,42+,43+,46-,47+,48+,49-,50-/m0/s1. The van der Waals surface area contributed by atoms with Crippen LogP contribution in [-0.2, 0) is 16.0 Å². The number of aliphatic carboxylic acids is 1. The predicted molar refractivity (Wildman–Crippen MR) is 225 cm³/mol. The van der Waals surface area contributed by atoms with Crippen molar-refractivity contribution in [2.24, 2.45) is 62.6 Å². The summed E-state index contributed by atoms with van der Waals surface area (Å²) in [4.78, 5) is 15.4. The van der Waals surface area contributed by atoms with Crippen LogP contribution < -0.4 is 5.32 Å². The van der Waals surface area contributed by atoms with Crippen molar-refractivity contribution in [3.05, 3.63) is 71.3 Å². The number of nitrogens with zero attached hydrogens (tertiary/aromatic N) is 1. The van der Waals surface area contributed by atoms with Crippen LogP contribution in [0.2, 0.25) is 0 Å². The van der Waals surface area contributed by atoms with Gasteiger partial charge in [0, 0.05) is 37.6 Å². The van der Waals surface area contributed by atoms with Crippen LogP contribution in [0.15, 0.2) is 65.8 Å². The second-order valence-electron chi connectivity index (χ2n) is 21.3. The number of nitrogens with one attached hydrogen (secondary N) is 1. The Morgan fingerprint density at radius 2 is 1.70 bits per heavy atom. The molecular formula is C50H73FN2O3. The maximum atomic E-state index is 14.9. The summed E-state index contributed by atoms with van der Waals surface area (Å²) in [6.45, 7) is 25.3. The molecular weight excluding hydrogens is 696 g/mol. The van der Waals surface area contributed by atoms with Gasteiger partial charge in [-0.1, -0.05) is 89.3 Å². The Morgan fingerprint density at radius 3 is 2.39 bits per heavy atom. The lowest BCUT2D eigenvalue weighted by molar-refractivity contribution is -0.221. The van der Waals surface area contributed by atoms with E-state index in [1.54, 1.807) is 0 Å². The number of alkyl halides is 1. The molecule has 5 nitrogen and oxygen atoms in total. The minimum absolute atomic E-state index is 0.0449. The third kappa shape index (κ3) is 6.18. The molecule has 56 heavy (non-hydrogen) atoms. The summed E-state index contributed by atoms with van der Waals surface area (Å²) in [5.41, 5.74) is 4.75. The van der Waals surface area contributed by atoms with Gasteiger partial charge in [-0.05, 0) is 152 Å². The summed E-state index contributed by atoms with van der Waals surface area (Å²) >= 11 is 0. The summed E-state index contributed by atoms with van der Waals surface area (Å²) in [5, 5.41) is 14.8. The van der Waals surface area contributed by atoms with E-state index < -0.39 is 18.1 Å². The van der Waals surface area contributed by atoms with Crippen molar-refractivity contribution in [2.45, 2.75) is 124 Å². The van der Waals surface area contributed by atoms with Gasteiger partial charge in [0.25, 0.3) is 0 Å². The van der Waals surface area contributed by atoms with E-state index in [0.29, 0.717) is 54.3 Å². The van der Waals surface area contributed by atoms with Crippen molar-refractivity contribution < 1.29 is 19.0 Å². The van der Waals surface area contributed by atoms with E-state index in [9.17, 15) is 14.3 Å². The summed E-state index contributed by atoms with van der Waals surface area (Å²) in [6, 6.07) is 10.1. The lowest BCUT2D eigenvalue weighted by Gasteiger charge is -2.72. The number of morpholine rings is 1. The molecule has 0 aromatic heterocycles. The molecule has 1 aromatic rings. The van der Waals surface area contributed by atoms with E-state index in [-0.39, 0.29) is 27.7 Å². The van der Waals surface area contributed by atoms with Crippen LogP contribution >= 0.6 is 0 Å². The van der Waals surface area contributed by atoms with Crippen LogP contribution in [0, 0.1) is 62.6 Å². The lowest BCUT2D eigenvalue weighted by Crippen LogP contribution is -2.68. The average molecular weight is 769 g/mol. The van der Waals surface area contributed by atoms with Crippen LogP contribution in [0.5, 0.6) is 0 Å². The van der Waals surface area contributed by atoms with E-state index in [0.717, 1.165) is 51.4 Å². The highest BCUT2D eigenvalue weighted by molar-refractivity contribution is 5.76. The molecule has 0 spiro atoms. The van der Waals surface area contributed by atoms with Crippen molar-refractivity contribution in [1.82, 2.24) is 10.2 Å². The summed E-state index contributed by atoms with van der Waals surface area (Å²) in [5.74, 6) is 1.81. The number of halogens is 1. The first-order chi connectivity index (χ1) is 26.7. The molecule has 0 bridgehead atoms. The zero-order valence-electron chi connectivity index (χ0n) is 35.7. The smallest absolute Gasteiger partial charge is 0.312 e. The molecule has 4 saturated carbocycles. The molecule has 1 heterocycles. The first-order valence-corrected chi connectivity index (χ1v) is 22.6. The SMILES string of the molecule is C=C(C)[C@@H]1CC[C@]2(NCCN3CCOCC3)CC[C@]3(C)[C@H](CC[C@@H]4[C@@]5(C)CC=C(C6=CC(Cc7ccccc7)[C@](CF)(C(=O)O)CC6)C(C)(C)[C@@H]5CC[C@]43C)[C@@H]12. The number of allylic oxidation sites excluding steroid dienone is 5. The molecule has 6 heteroatoms. The molecule has 7 aliphatic rings. The zero-order valence-corrected chi connectivity index (χ0v) is 35.7. The van der Waals surface area contributed by atoms with Gasteiger partial charge < -0.3 is 15.2 Å². The Labute approximate surface area is 338 Å². The fourth-order valence-corrected chi connectivity index (χ4v) is 15.8. The number of carboxylic acid groups (broad SMARTS) is 1. The Bertz CT molecular complexity index is 1710. The van der Waals surface area contributed by atoms with Gasteiger partial charge in [0.1, 0.15) is 12.1 Å². The molecule has 1 saturated heterocycles. The summed E-state index contributed by atoms with van der Waals surface area (Å²) in [7, 11) is 0. The van der Waals surface area contributed by atoms with Crippen molar-refractivity contribution >= 4 is 5.97 Å². The number of fused-ring (bicyclic) bond motifs is 7. The normalized spacial score (nSPS) is 43.3. The average Bonchev–Trinajstić information content (AvgIpc) is 3.56. The van der Waals surface area contributed by atoms with Crippen LogP contribution in [-0.4, -0.2) is 67.6 Å². The fourth-order valence-electron chi connectivity index (χ4n) is 15.8. The molecule has 2 N–H and O–H groups in total. The highest BCUT2D eigenvalue weighted by atomic mass is 19.1. The molecule has 308 valence electrons. The third-order valence-corrected chi connectivity index (χ3v) is 18.9. The highest BCUT2D eigenvalue weighted by Crippen LogP contribution is 2.76. The van der Waals surface area contributed by atoms with Crippen LogP contribution in [0.1, 0.15) is 118 Å². The van der Waals surface area contributed by atoms with E-state index >= 15 is 0 Å². The van der Waals surface area contributed by atoms with Crippen LogP contribution in [0.3, 0.4) is 0 Å². The topological polar surface area (TPSA) is 61.8 Å². The number of rotatable bonds is 10. The Balaban J connectivity index is 1.07. The van der Waals surface area contributed by atoms with Gasteiger partial charge in [-0.3, -0.25) is 9.69 Å². The second-order valence-corrected chi connectivity index (χ2v) is 21.3. The van der Waals surface area contributed by atoms with Gasteiger partial charge in [-0.25, -0.2) is 4.39 Å². The number of carbonyl (C=O) groups is 1. The lowest BCUT2D eigenvalue weighted by atomic mass is 9.33. The molecule has 8 rings (SSSR count). The molecule has 1 aromatic carbocycles. The zero-order chi connectivity index (χ0) is 39.7. The molecule has 0 amide bonds. The number of hydrogen-bond acceptors (Lipinski definition) is 4. The van der Waals surface area contributed by atoms with Crippen molar-refractivity contribution in [1.29, 1.82) is 0 Å². The number of benzene rings is 1. The van der Waals surface area contributed by atoms with E-state index in [2.05, 4.69) is 82.6 Å². The van der Waals surface area contributed by atoms with E-state index in [4.69, 9.17) is 4.74 Å². The van der Waals surface area contributed by atoms with Crippen LogP contribution in [0.25, 0.3) is 0 Å². The largest absolute Gasteiger partial charge is 0.481 e. The molecule has 1 unspecified atom stereocenters. The Morgan fingerprint density at radius 1 is 0.946 bits per heavy atom. The first-order valence-electron chi connectivity index (χ1n) is 22.6. The Hall–Kier alpha value is -2.28. The van der Waals surface area contributed by atoms with Gasteiger partial charge >= 0.3 is 5.97 Å².